The SMILES string of the molecule is COP(=O)(SC)[N+]1(C(=N)SC)CCOCC1. The molecule has 0 aliphatic carbocycles. The molecule has 94 valence electrons. The molecular formula is C8H18N2O3PS2+. The minimum Gasteiger partial charge on any atom is -0.370 e. The third kappa shape index (κ3) is 2.35. The highest BCUT2D eigenvalue weighted by Crippen LogP contribution is 2.66. The van der Waals surface area contributed by atoms with E-state index >= 15 is 0 Å². The van der Waals surface area contributed by atoms with E-state index in [1.54, 1.807) is 6.26 Å². The smallest absolute Gasteiger partial charge is 0.370 e. The molecule has 0 aromatic heterocycles. The maximum Gasteiger partial charge on any atom is 0.448 e. The van der Waals surface area contributed by atoms with Gasteiger partial charge >= 0.3 is 6.72 Å². The van der Waals surface area contributed by atoms with Crippen LogP contribution in [0.3, 0.4) is 0 Å². The first-order chi connectivity index (χ1) is 7.56. The summed E-state index contributed by atoms with van der Waals surface area (Å²) >= 11 is 2.54. The fourth-order valence-electron chi connectivity index (χ4n) is 1.76. The van der Waals surface area contributed by atoms with Crippen molar-refractivity contribution in [3.8, 4) is 0 Å². The summed E-state index contributed by atoms with van der Waals surface area (Å²) in [6, 6.07) is 0. The van der Waals surface area contributed by atoms with Crippen LogP contribution in [0.15, 0.2) is 0 Å². The van der Waals surface area contributed by atoms with Crippen molar-refractivity contribution in [3.05, 3.63) is 0 Å². The number of nitrogens with zero attached hydrogens (tertiary/aromatic N) is 1. The molecule has 0 aromatic carbocycles. The van der Waals surface area contributed by atoms with Crippen LogP contribution in [0.1, 0.15) is 0 Å². The third-order valence-electron chi connectivity index (χ3n) is 2.71. The first-order valence-corrected chi connectivity index (χ1v) is 9.49. The lowest BCUT2D eigenvalue weighted by Crippen LogP contribution is -2.54. The van der Waals surface area contributed by atoms with Crippen LogP contribution in [0.4, 0.5) is 0 Å². The lowest BCUT2D eigenvalue weighted by atomic mass is 10.5. The van der Waals surface area contributed by atoms with Gasteiger partial charge < -0.3 is 4.74 Å². The van der Waals surface area contributed by atoms with Crippen LogP contribution in [-0.2, 0) is 13.8 Å². The highest BCUT2D eigenvalue weighted by molar-refractivity contribution is 8.54. The highest BCUT2D eigenvalue weighted by atomic mass is 32.7. The van der Waals surface area contributed by atoms with Gasteiger partial charge in [-0.1, -0.05) is 11.8 Å². The van der Waals surface area contributed by atoms with E-state index in [0.29, 0.717) is 31.5 Å². The Morgan fingerprint density at radius 1 is 1.44 bits per heavy atom. The summed E-state index contributed by atoms with van der Waals surface area (Å²) in [4.78, 5) is 0. The van der Waals surface area contributed by atoms with Crippen molar-refractivity contribution in [1.29, 1.82) is 5.41 Å². The van der Waals surface area contributed by atoms with Crippen LogP contribution >= 0.6 is 29.9 Å². The Morgan fingerprint density at radius 2 is 2.00 bits per heavy atom. The lowest BCUT2D eigenvalue weighted by molar-refractivity contribution is -0.730. The number of quaternary nitrogens is 1. The Bertz CT molecular complexity index is 300. The molecule has 0 aromatic rings. The van der Waals surface area contributed by atoms with Gasteiger partial charge in [-0.3, -0.25) is 4.52 Å². The number of nitrogens with one attached hydrogen (secondary N) is 1. The molecule has 1 rings (SSSR count). The van der Waals surface area contributed by atoms with E-state index in [9.17, 15) is 4.57 Å². The van der Waals surface area contributed by atoms with Crippen LogP contribution in [0.2, 0.25) is 0 Å². The quantitative estimate of drug-likeness (QED) is 0.489. The molecule has 1 N–H and O–H groups in total. The van der Waals surface area contributed by atoms with E-state index in [1.165, 1.54) is 30.3 Å². The fraction of sp³-hybridized carbons (Fsp3) is 0.875. The molecule has 0 bridgehead atoms. The van der Waals surface area contributed by atoms with Gasteiger partial charge in [-0.05, 0) is 23.9 Å². The van der Waals surface area contributed by atoms with Crippen LogP contribution < -0.4 is 0 Å². The van der Waals surface area contributed by atoms with Gasteiger partial charge in [0.05, 0.1) is 13.2 Å². The average molecular weight is 285 g/mol. The van der Waals surface area contributed by atoms with E-state index in [4.69, 9.17) is 14.7 Å². The van der Waals surface area contributed by atoms with E-state index in [1.807, 2.05) is 6.26 Å². The van der Waals surface area contributed by atoms with E-state index < -0.39 is 6.72 Å². The van der Waals surface area contributed by atoms with E-state index in [0.717, 1.165) is 0 Å². The second-order valence-electron chi connectivity index (χ2n) is 3.33. The van der Waals surface area contributed by atoms with Gasteiger partial charge in [0.15, 0.2) is 0 Å². The van der Waals surface area contributed by atoms with Gasteiger partial charge in [-0.25, -0.2) is 9.97 Å². The molecule has 0 saturated carbocycles. The minimum absolute atomic E-state index is 0.117. The predicted molar refractivity (Wildman–Crippen MR) is 70.2 cm³/mol. The maximum absolute atomic E-state index is 12.7. The fourth-order valence-corrected chi connectivity index (χ4v) is 6.78. The zero-order valence-electron chi connectivity index (χ0n) is 9.76. The van der Waals surface area contributed by atoms with Crippen molar-refractivity contribution in [2.24, 2.45) is 0 Å². The van der Waals surface area contributed by atoms with Crippen LogP contribution in [0, 0.1) is 5.41 Å². The number of hydrogen-bond acceptors (Lipinski definition) is 6. The Labute approximate surface area is 105 Å². The second kappa shape index (κ2) is 5.89. The van der Waals surface area contributed by atoms with Crippen LogP contribution in [0.5, 0.6) is 0 Å². The Morgan fingerprint density at radius 3 is 2.38 bits per heavy atom. The molecule has 1 aliphatic heterocycles. The molecule has 16 heavy (non-hydrogen) atoms. The summed E-state index contributed by atoms with van der Waals surface area (Å²) in [5.74, 6) is 0. The van der Waals surface area contributed by atoms with Gasteiger partial charge in [-0.2, -0.15) is 4.25 Å². The summed E-state index contributed by atoms with van der Waals surface area (Å²) in [7, 11) is 1.46. The van der Waals surface area contributed by atoms with Crippen molar-refractivity contribution in [2.45, 2.75) is 0 Å². The average Bonchev–Trinajstić information content (AvgIpc) is 2.37. The monoisotopic (exact) mass is 285 g/mol. The zero-order chi connectivity index (χ0) is 12.2. The van der Waals surface area contributed by atoms with Crippen molar-refractivity contribution < 1.29 is 18.1 Å². The summed E-state index contributed by atoms with van der Waals surface area (Å²) in [6.07, 6.45) is 3.60. The standard InChI is InChI=1S/C8H18N2O3PS2/c1-12-14(11,16-3)10(8(9)15-2)4-6-13-7-5-10/h9H,4-7H2,1-3H3/q+1. The molecule has 0 spiro atoms. The number of morpholine rings is 1. The van der Waals surface area contributed by atoms with Gasteiger partial charge in [0, 0.05) is 7.11 Å². The van der Waals surface area contributed by atoms with Gasteiger partial charge in [0.1, 0.15) is 13.1 Å². The summed E-state index contributed by atoms with van der Waals surface area (Å²) < 4.78 is 23.4. The van der Waals surface area contributed by atoms with Crippen molar-refractivity contribution >= 4 is 35.0 Å². The molecule has 1 heterocycles. The van der Waals surface area contributed by atoms with Gasteiger partial charge in [0.2, 0.25) is 0 Å². The Kier molecular flexibility index (Phi) is 5.35. The first kappa shape index (κ1) is 14.5. The van der Waals surface area contributed by atoms with Crippen molar-refractivity contribution in [2.75, 3.05) is 45.9 Å². The van der Waals surface area contributed by atoms with Crippen molar-refractivity contribution in [3.63, 3.8) is 0 Å². The Hall–Kier alpha value is 0.480. The van der Waals surface area contributed by atoms with E-state index in [-0.39, 0.29) is 4.25 Å². The van der Waals surface area contributed by atoms with E-state index in [2.05, 4.69) is 0 Å². The molecule has 8 heteroatoms. The molecule has 1 unspecified atom stereocenters. The molecule has 5 nitrogen and oxygen atoms in total. The normalized spacial score (nSPS) is 23.7. The molecule has 1 aliphatic rings. The number of amidine groups is 1. The molecule has 1 fully saturated rings. The van der Waals surface area contributed by atoms with Crippen LogP contribution in [-0.4, -0.2) is 55.3 Å². The first-order valence-electron chi connectivity index (χ1n) is 4.86. The Balaban J connectivity index is 3.12. The molecule has 1 atom stereocenters. The summed E-state index contributed by atoms with van der Waals surface area (Å²) in [5, 5.41) is 8.45. The zero-order valence-corrected chi connectivity index (χ0v) is 12.3. The predicted octanol–water partition coefficient (Wildman–Crippen LogP) is 2.25. The van der Waals surface area contributed by atoms with Gasteiger partial charge in [0.25, 0.3) is 5.17 Å². The largest absolute Gasteiger partial charge is 0.448 e. The number of ether oxygens (including phenoxy) is 1. The second-order valence-corrected chi connectivity index (χ2v) is 9.03. The molecule has 0 radical (unpaired) electrons. The molecule has 1 saturated heterocycles. The maximum atomic E-state index is 12.7. The minimum atomic E-state index is -2.93. The number of hydrogen-bond donors (Lipinski definition) is 1. The number of rotatable bonds is 3. The van der Waals surface area contributed by atoms with Crippen LogP contribution in [0.25, 0.3) is 0 Å². The summed E-state index contributed by atoms with van der Waals surface area (Å²) in [5.41, 5.74) is 0. The highest BCUT2D eigenvalue weighted by Gasteiger charge is 2.53. The number of thioether (sulfide) groups is 1. The third-order valence-corrected chi connectivity index (χ3v) is 8.81. The summed E-state index contributed by atoms with van der Waals surface area (Å²) in [6.45, 7) is -0.788. The topological polar surface area (TPSA) is 59.4 Å². The lowest BCUT2D eigenvalue weighted by Gasteiger charge is -2.42. The van der Waals surface area contributed by atoms with Gasteiger partial charge in [-0.15, -0.1) is 0 Å². The molecular weight excluding hydrogens is 267 g/mol. The molecule has 0 amide bonds. The van der Waals surface area contributed by atoms with Crippen molar-refractivity contribution in [1.82, 2.24) is 0 Å².